The van der Waals surface area contributed by atoms with E-state index < -0.39 is 5.91 Å². The maximum Gasteiger partial charge on any atom is 0.266 e. The lowest BCUT2D eigenvalue weighted by Crippen LogP contribution is -2.13. The van der Waals surface area contributed by atoms with Gasteiger partial charge in [-0.25, -0.2) is 9.97 Å². The van der Waals surface area contributed by atoms with Crippen LogP contribution in [-0.2, 0) is 4.79 Å². The van der Waals surface area contributed by atoms with Gasteiger partial charge in [0.05, 0.1) is 0 Å². The number of carbonyl (C=O) groups is 1. The van der Waals surface area contributed by atoms with Crippen molar-refractivity contribution in [3.63, 3.8) is 0 Å². The summed E-state index contributed by atoms with van der Waals surface area (Å²) in [6.07, 6.45) is 3.05. The van der Waals surface area contributed by atoms with E-state index >= 15 is 0 Å². The molecule has 6 heteroatoms. The number of benzene rings is 2. The zero-order valence-electron chi connectivity index (χ0n) is 14.7. The third-order valence-corrected chi connectivity index (χ3v) is 3.69. The van der Waals surface area contributed by atoms with Crippen molar-refractivity contribution in [2.24, 2.45) is 0 Å². The SMILES string of the molecule is Cc1cc(Nc2ccc(NC(=O)/C(C#N)=C/c3ccccc3)cc2)ncn1. The van der Waals surface area contributed by atoms with Gasteiger partial charge >= 0.3 is 0 Å². The van der Waals surface area contributed by atoms with E-state index in [0.29, 0.717) is 11.5 Å². The summed E-state index contributed by atoms with van der Waals surface area (Å²) in [6.45, 7) is 1.89. The molecule has 0 radical (unpaired) electrons. The van der Waals surface area contributed by atoms with Gasteiger partial charge in [-0.2, -0.15) is 5.26 Å². The summed E-state index contributed by atoms with van der Waals surface area (Å²) >= 11 is 0. The highest BCUT2D eigenvalue weighted by atomic mass is 16.1. The van der Waals surface area contributed by atoms with Crippen molar-refractivity contribution in [2.45, 2.75) is 6.92 Å². The molecule has 0 bridgehead atoms. The second kappa shape index (κ2) is 8.41. The Morgan fingerprint density at radius 2 is 1.74 bits per heavy atom. The lowest BCUT2D eigenvalue weighted by Gasteiger charge is -2.08. The first-order valence-corrected chi connectivity index (χ1v) is 8.28. The van der Waals surface area contributed by atoms with Crippen molar-refractivity contribution in [2.75, 3.05) is 10.6 Å². The van der Waals surface area contributed by atoms with Crippen LogP contribution >= 0.6 is 0 Å². The van der Waals surface area contributed by atoms with Crippen LogP contribution in [0, 0.1) is 18.3 Å². The van der Waals surface area contributed by atoms with Gasteiger partial charge in [0.15, 0.2) is 0 Å². The van der Waals surface area contributed by atoms with E-state index in [4.69, 9.17) is 0 Å². The van der Waals surface area contributed by atoms with Gasteiger partial charge in [0, 0.05) is 23.1 Å². The van der Waals surface area contributed by atoms with E-state index in [1.54, 1.807) is 18.2 Å². The first-order chi connectivity index (χ1) is 13.1. The van der Waals surface area contributed by atoms with E-state index in [2.05, 4.69) is 20.6 Å². The van der Waals surface area contributed by atoms with E-state index in [-0.39, 0.29) is 5.57 Å². The zero-order chi connectivity index (χ0) is 19.1. The summed E-state index contributed by atoms with van der Waals surface area (Å²) in [4.78, 5) is 20.5. The average molecular weight is 355 g/mol. The molecular formula is C21H17N5O. The molecule has 2 aromatic carbocycles. The Hall–Kier alpha value is -3.98. The highest BCUT2D eigenvalue weighted by Crippen LogP contribution is 2.18. The smallest absolute Gasteiger partial charge is 0.266 e. The minimum atomic E-state index is -0.450. The van der Waals surface area contributed by atoms with Crippen LogP contribution in [-0.4, -0.2) is 15.9 Å². The number of hydrogen-bond donors (Lipinski definition) is 2. The number of anilines is 3. The van der Waals surface area contributed by atoms with Gasteiger partial charge in [0.2, 0.25) is 0 Å². The molecule has 1 heterocycles. The van der Waals surface area contributed by atoms with Gasteiger partial charge < -0.3 is 10.6 Å². The molecule has 27 heavy (non-hydrogen) atoms. The number of hydrogen-bond acceptors (Lipinski definition) is 5. The summed E-state index contributed by atoms with van der Waals surface area (Å²) in [5.41, 5.74) is 3.12. The number of carbonyl (C=O) groups excluding carboxylic acids is 1. The molecule has 0 fully saturated rings. The zero-order valence-corrected chi connectivity index (χ0v) is 14.7. The van der Waals surface area contributed by atoms with Crippen LogP contribution in [0.3, 0.4) is 0 Å². The molecule has 6 nitrogen and oxygen atoms in total. The van der Waals surface area contributed by atoms with Crippen LogP contribution in [0.5, 0.6) is 0 Å². The highest BCUT2D eigenvalue weighted by Gasteiger charge is 2.09. The fraction of sp³-hybridized carbons (Fsp3) is 0.0476. The minimum absolute atomic E-state index is 0.0415. The number of rotatable bonds is 5. The van der Waals surface area contributed by atoms with Crippen molar-refractivity contribution >= 4 is 29.2 Å². The lowest BCUT2D eigenvalue weighted by atomic mass is 10.1. The molecule has 3 aromatic rings. The van der Waals surface area contributed by atoms with E-state index in [0.717, 1.165) is 16.9 Å². The standard InChI is InChI=1S/C21H17N5O/c1-15-11-20(24-14-23-15)25-18-7-9-19(10-8-18)26-21(27)17(13-22)12-16-5-3-2-4-6-16/h2-12,14H,1H3,(H,26,27)(H,23,24,25)/b17-12+. The molecule has 132 valence electrons. The van der Waals surface area contributed by atoms with Crippen LogP contribution < -0.4 is 10.6 Å². The van der Waals surface area contributed by atoms with Gasteiger partial charge in [-0.05, 0) is 42.8 Å². The lowest BCUT2D eigenvalue weighted by molar-refractivity contribution is -0.112. The molecule has 3 rings (SSSR count). The predicted octanol–water partition coefficient (Wildman–Crippen LogP) is 4.07. The molecule has 0 aliphatic heterocycles. The topological polar surface area (TPSA) is 90.7 Å². The Morgan fingerprint density at radius 1 is 1.04 bits per heavy atom. The Kier molecular flexibility index (Phi) is 5.55. The molecule has 0 atom stereocenters. The molecule has 0 unspecified atom stereocenters. The van der Waals surface area contributed by atoms with E-state index in [9.17, 15) is 10.1 Å². The number of nitrogens with one attached hydrogen (secondary N) is 2. The fourth-order valence-electron chi connectivity index (χ4n) is 2.37. The number of amides is 1. The number of nitriles is 1. The van der Waals surface area contributed by atoms with Crippen LogP contribution in [0.4, 0.5) is 17.2 Å². The van der Waals surface area contributed by atoms with Gasteiger partial charge in [-0.1, -0.05) is 30.3 Å². The van der Waals surface area contributed by atoms with Crippen molar-refractivity contribution in [3.8, 4) is 6.07 Å². The minimum Gasteiger partial charge on any atom is -0.340 e. The molecule has 0 spiro atoms. The summed E-state index contributed by atoms with van der Waals surface area (Å²) in [5.74, 6) is 0.241. The molecule has 0 saturated heterocycles. The molecular weight excluding hydrogens is 338 g/mol. The molecule has 0 aliphatic rings. The van der Waals surface area contributed by atoms with Crippen molar-refractivity contribution in [1.29, 1.82) is 5.26 Å². The van der Waals surface area contributed by atoms with Crippen molar-refractivity contribution in [3.05, 3.63) is 83.8 Å². The van der Waals surface area contributed by atoms with Crippen molar-refractivity contribution < 1.29 is 4.79 Å². The van der Waals surface area contributed by atoms with Crippen LogP contribution in [0.2, 0.25) is 0 Å². The summed E-state index contributed by atoms with van der Waals surface area (Å²) < 4.78 is 0. The second-order valence-corrected chi connectivity index (χ2v) is 5.78. The molecule has 2 N–H and O–H groups in total. The Morgan fingerprint density at radius 3 is 2.41 bits per heavy atom. The summed E-state index contributed by atoms with van der Waals surface area (Å²) in [7, 11) is 0. The van der Waals surface area contributed by atoms with E-state index in [1.165, 1.54) is 6.33 Å². The Balaban J connectivity index is 1.67. The number of aromatic nitrogens is 2. The normalized spacial score (nSPS) is 10.7. The van der Waals surface area contributed by atoms with Gasteiger partial charge in [-0.15, -0.1) is 0 Å². The van der Waals surface area contributed by atoms with Crippen LogP contribution in [0.15, 0.2) is 72.6 Å². The second-order valence-electron chi connectivity index (χ2n) is 5.78. The van der Waals surface area contributed by atoms with Gasteiger partial charge in [0.25, 0.3) is 5.91 Å². The summed E-state index contributed by atoms with van der Waals surface area (Å²) in [5, 5.41) is 15.2. The first kappa shape index (κ1) is 17.8. The third-order valence-electron chi connectivity index (χ3n) is 3.69. The molecule has 1 aromatic heterocycles. The first-order valence-electron chi connectivity index (χ1n) is 8.28. The van der Waals surface area contributed by atoms with Gasteiger partial charge in [-0.3, -0.25) is 4.79 Å². The monoisotopic (exact) mass is 355 g/mol. The van der Waals surface area contributed by atoms with Crippen LogP contribution in [0.25, 0.3) is 6.08 Å². The fourth-order valence-corrected chi connectivity index (χ4v) is 2.37. The summed E-state index contributed by atoms with van der Waals surface area (Å²) in [6, 6.07) is 20.2. The average Bonchev–Trinajstić information content (AvgIpc) is 2.68. The van der Waals surface area contributed by atoms with Gasteiger partial charge in [0.1, 0.15) is 23.8 Å². The quantitative estimate of drug-likeness (QED) is 0.532. The van der Waals surface area contributed by atoms with Crippen LogP contribution in [0.1, 0.15) is 11.3 Å². The highest BCUT2D eigenvalue weighted by molar-refractivity contribution is 6.09. The van der Waals surface area contributed by atoms with E-state index in [1.807, 2.05) is 61.5 Å². The maximum atomic E-state index is 12.3. The Bertz CT molecular complexity index is 1000. The van der Waals surface area contributed by atoms with Crippen molar-refractivity contribution in [1.82, 2.24) is 9.97 Å². The molecule has 0 saturated carbocycles. The largest absolute Gasteiger partial charge is 0.340 e. The Labute approximate surface area is 157 Å². The number of nitrogens with zero attached hydrogens (tertiary/aromatic N) is 3. The molecule has 1 amide bonds. The maximum absolute atomic E-state index is 12.3. The number of aryl methyl sites for hydroxylation is 1. The predicted molar refractivity (Wildman–Crippen MR) is 105 cm³/mol. The molecule has 0 aliphatic carbocycles. The third kappa shape index (κ3) is 5.00.